The third kappa shape index (κ3) is 16.0. The first-order chi connectivity index (χ1) is 9.52. The first-order valence-electron chi connectivity index (χ1n) is 7.89. The van der Waals surface area contributed by atoms with Gasteiger partial charge in [-0.2, -0.15) is 0 Å². The van der Waals surface area contributed by atoms with Crippen LogP contribution >= 0.6 is 23.2 Å². The number of carbonyl (C=O) groups excluding carboxylic acids is 2. The first kappa shape index (κ1) is 19.9. The zero-order valence-electron chi connectivity index (χ0n) is 12.6. The molecule has 0 rings (SSSR count). The lowest BCUT2D eigenvalue weighted by Crippen LogP contribution is -1.97. The van der Waals surface area contributed by atoms with E-state index in [1.54, 1.807) is 0 Å². The average molecular weight is 323 g/mol. The summed E-state index contributed by atoms with van der Waals surface area (Å²) in [6, 6.07) is 0. The maximum Gasteiger partial charge on any atom is 0.221 e. The molecule has 0 aliphatic rings. The molecule has 0 bridgehead atoms. The Bertz CT molecular complexity index is 267. The number of rotatable bonds is 14. The van der Waals surface area contributed by atoms with Gasteiger partial charge in [-0.05, 0) is 42.0 Å². The van der Waals surface area contributed by atoms with E-state index in [0.29, 0.717) is 18.8 Å². The molecule has 2 nitrogen and oxygen atoms in total. The molecule has 4 heteroatoms. The van der Waals surface area contributed by atoms with Crippen LogP contribution in [0.3, 0.4) is 0 Å². The van der Waals surface area contributed by atoms with E-state index in [2.05, 4.69) is 6.92 Å². The zero-order valence-corrected chi connectivity index (χ0v) is 14.1. The van der Waals surface area contributed by atoms with Crippen LogP contribution in [0.15, 0.2) is 0 Å². The second kappa shape index (κ2) is 13.9. The monoisotopic (exact) mass is 322 g/mol. The molecule has 0 radical (unpaired) electrons. The molecule has 0 aromatic heterocycles. The van der Waals surface area contributed by atoms with E-state index < -0.39 is 0 Å². The van der Waals surface area contributed by atoms with Crippen molar-refractivity contribution >= 4 is 33.7 Å². The predicted octanol–water partition coefficient (Wildman–Crippen LogP) is 5.83. The van der Waals surface area contributed by atoms with Gasteiger partial charge in [0.1, 0.15) is 0 Å². The van der Waals surface area contributed by atoms with Crippen LogP contribution in [0.4, 0.5) is 0 Å². The van der Waals surface area contributed by atoms with Crippen LogP contribution in [0.2, 0.25) is 0 Å². The molecule has 1 atom stereocenters. The molecule has 0 spiro atoms. The summed E-state index contributed by atoms with van der Waals surface area (Å²) in [7, 11) is 0. The van der Waals surface area contributed by atoms with Gasteiger partial charge in [-0.3, -0.25) is 9.59 Å². The lowest BCUT2D eigenvalue weighted by molar-refractivity contribution is -0.112. The molecule has 20 heavy (non-hydrogen) atoms. The third-order valence-electron chi connectivity index (χ3n) is 3.65. The number of carbonyl (C=O) groups is 2. The molecule has 0 aromatic carbocycles. The van der Waals surface area contributed by atoms with Crippen molar-refractivity contribution in [2.45, 2.75) is 84.0 Å². The van der Waals surface area contributed by atoms with Gasteiger partial charge in [0, 0.05) is 12.8 Å². The van der Waals surface area contributed by atoms with Crippen LogP contribution in [0.5, 0.6) is 0 Å². The third-order valence-corrected chi connectivity index (χ3v) is 4.03. The largest absolute Gasteiger partial charge is 0.281 e. The first-order valence-corrected chi connectivity index (χ1v) is 8.64. The van der Waals surface area contributed by atoms with Crippen LogP contribution in [-0.2, 0) is 9.59 Å². The smallest absolute Gasteiger partial charge is 0.221 e. The van der Waals surface area contributed by atoms with E-state index in [0.717, 1.165) is 19.3 Å². The van der Waals surface area contributed by atoms with E-state index in [9.17, 15) is 9.59 Å². The Morgan fingerprint density at radius 3 is 1.65 bits per heavy atom. The Labute approximate surface area is 133 Å². The molecule has 1 unspecified atom stereocenters. The molecule has 0 N–H and O–H groups in total. The topological polar surface area (TPSA) is 34.1 Å². The van der Waals surface area contributed by atoms with Crippen molar-refractivity contribution in [2.75, 3.05) is 0 Å². The van der Waals surface area contributed by atoms with E-state index in [-0.39, 0.29) is 10.5 Å². The SMILES string of the molecule is CC(CCCCCCCCCCC(=O)Cl)CCC(=O)Cl. The summed E-state index contributed by atoms with van der Waals surface area (Å²) in [6.45, 7) is 2.19. The zero-order chi connectivity index (χ0) is 15.2. The predicted molar refractivity (Wildman–Crippen MR) is 86.3 cm³/mol. The van der Waals surface area contributed by atoms with Crippen LogP contribution in [0.25, 0.3) is 0 Å². The second-order valence-electron chi connectivity index (χ2n) is 5.72. The summed E-state index contributed by atoms with van der Waals surface area (Å²) in [5, 5.41) is -0.428. The van der Waals surface area contributed by atoms with Gasteiger partial charge in [-0.15, -0.1) is 0 Å². The van der Waals surface area contributed by atoms with Gasteiger partial charge in [0.2, 0.25) is 10.5 Å². The molecule has 0 aromatic rings. The van der Waals surface area contributed by atoms with E-state index >= 15 is 0 Å². The second-order valence-corrected chi connectivity index (χ2v) is 6.56. The van der Waals surface area contributed by atoms with Crippen molar-refractivity contribution < 1.29 is 9.59 Å². The Morgan fingerprint density at radius 1 is 0.700 bits per heavy atom. The van der Waals surface area contributed by atoms with Crippen molar-refractivity contribution in [3.63, 3.8) is 0 Å². The van der Waals surface area contributed by atoms with Crippen LogP contribution < -0.4 is 0 Å². The Kier molecular flexibility index (Phi) is 13.8. The summed E-state index contributed by atoms with van der Waals surface area (Å²) >= 11 is 10.6. The number of halogens is 2. The summed E-state index contributed by atoms with van der Waals surface area (Å²) in [4.78, 5) is 21.2. The van der Waals surface area contributed by atoms with Gasteiger partial charge in [-0.1, -0.05) is 58.3 Å². The van der Waals surface area contributed by atoms with Gasteiger partial charge < -0.3 is 0 Å². The summed E-state index contributed by atoms with van der Waals surface area (Å²) in [6.07, 6.45) is 12.7. The van der Waals surface area contributed by atoms with Gasteiger partial charge in [-0.25, -0.2) is 0 Å². The maximum atomic E-state index is 10.6. The minimum absolute atomic E-state index is 0.213. The highest BCUT2D eigenvalue weighted by Crippen LogP contribution is 2.17. The van der Waals surface area contributed by atoms with E-state index in [1.165, 1.54) is 44.9 Å². The molecular weight excluding hydrogens is 295 g/mol. The van der Waals surface area contributed by atoms with Crippen LogP contribution in [-0.4, -0.2) is 10.5 Å². The Hall–Kier alpha value is -0.0800. The van der Waals surface area contributed by atoms with Crippen molar-refractivity contribution in [2.24, 2.45) is 5.92 Å². The van der Waals surface area contributed by atoms with E-state index in [1.807, 2.05) is 0 Å². The number of unbranched alkanes of at least 4 members (excludes halogenated alkanes) is 7. The Morgan fingerprint density at radius 2 is 1.15 bits per heavy atom. The highest BCUT2D eigenvalue weighted by molar-refractivity contribution is 6.63. The number of hydrogen-bond acceptors (Lipinski definition) is 2. The highest BCUT2D eigenvalue weighted by Gasteiger charge is 2.04. The van der Waals surface area contributed by atoms with Gasteiger partial charge in [0.25, 0.3) is 0 Å². The molecule has 0 aliphatic carbocycles. The highest BCUT2D eigenvalue weighted by atomic mass is 35.5. The minimum atomic E-state index is -0.215. The molecule has 0 heterocycles. The van der Waals surface area contributed by atoms with Crippen molar-refractivity contribution in [3.8, 4) is 0 Å². The maximum absolute atomic E-state index is 10.6. The van der Waals surface area contributed by atoms with Crippen molar-refractivity contribution in [3.05, 3.63) is 0 Å². The fraction of sp³-hybridized carbons (Fsp3) is 0.875. The lowest BCUT2D eigenvalue weighted by Gasteiger charge is -2.09. The summed E-state index contributed by atoms with van der Waals surface area (Å²) in [5.41, 5.74) is 0. The molecular formula is C16H28Cl2O2. The summed E-state index contributed by atoms with van der Waals surface area (Å²) < 4.78 is 0. The molecule has 118 valence electrons. The van der Waals surface area contributed by atoms with E-state index in [4.69, 9.17) is 23.2 Å². The van der Waals surface area contributed by atoms with Gasteiger partial charge >= 0.3 is 0 Å². The molecule has 0 fully saturated rings. The van der Waals surface area contributed by atoms with Crippen molar-refractivity contribution in [1.82, 2.24) is 0 Å². The quantitative estimate of drug-likeness (QED) is 0.297. The van der Waals surface area contributed by atoms with Gasteiger partial charge in [0.15, 0.2) is 0 Å². The standard InChI is InChI=1S/C16H28Cl2O2/c1-14(12-13-16(18)20)10-8-6-4-2-3-5-7-9-11-15(17)19/h14H,2-13H2,1H3. The Balaban J connectivity index is 3.16. The van der Waals surface area contributed by atoms with Crippen LogP contribution in [0.1, 0.15) is 84.0 Å². The summed E-state index contributed by atoms with van der Waals surface area (Å²) in [5.74, 6) is 0.603. The number of hydrogen-bond donors (Lipinski definition) is 0. The van der Waals surface area contributed by atoms with Crippen molar-refractivity contribution in [1.29, 1.82) is 0 Å². The fourth-order valence-electron chi connectivity index (χ4n) is 2.32. The normalized spacial score (nSPS) is 12.3. The molecule has 0 aliphatic heterocycles. The van der Waals surface area contributed by atoms with Gasteiger partial charge in [0.05, 0.1) is 0 Å². The lowest BCUT2D eigenvalue weighted by atomic mass is 9.97. The molecule has 0 amide bonds. The molecule has 0 saturated heterocycles. The minimum Gasteiger partial charge on any atom is -0.281 e. The molecule has 0 saturated carbocycles. The van der Waals surface area contributed by atoms with Crippen LogP contribution in [0, 0.1) is 5.92 Å². The fourth-order valence-corrected chi connectivity index (χ4v) is 2.56. The average Bonchev–Trinajstić information content (AvgIpc) is 2.38.